The van der Waals surface area contributed by atoms with Crippen LogP contribution < -0.4 is 5.73 Å². The lowest BCUT2D eigenvalue weighted by Gasteiger charge is -2.44. The molecule has 0 radical (unpaired) electrons. The molecule has 1 fully saturated rings. The number of esters is 1. The molecule has 13 nitrogen and oxygen atoms in total. The van der Waals surface area contributed by atoms with E-state index in [1.54, 1.807) is 0 Å². The predicted molar refractivity (Wildman–Crippen MR) is 74.1 cm³/mol. The first-order valence-electron chi connectivity index (χ1n) is 7.18. The van der Waals surface area contributed by atoms with E-state index in [2.05, 4.69) is 4.74 Å². The summed E-state index contributed by atoms with van der Waals surface area (Å²) in [5.41, 5.74) is 5.41. The minimum absolute atomic E-state index is 0.891. The molecule has 0 aromatic rings. The molecule has 25 heavy (non-hydrogen) atoms. The van der Waals surface area contributed by atoms with Crippen molar-refractivity contribution < 1.29 is 60.2 Å². The van der Waals surface area contributed by atoms with Crippen LogP contribution in [-0.2, 0) is 14.3 Å². The molecule has 9 atom stereocenters. The maximum Gasteiger partial charge on any atom is 0.346 e. The number of nitrogens with two attached hydrogens (primary N) is 1. The quantitative estimate of drug-likeness (QED) is 0.147. The highest BCUT2D eigenvalue weighted by Gasteiger charge is 2.55. The van der Waals surface area contributed by atoms with E-state index in [1.807, 2.05) is 0 Å². The van der Waals surface area contributed by atoms with Gasteiger partial charge in [-0.25, -0.2) is 4.79 Å². The number of aliphatic hydroxyl groups is 9. The second-order valence-corrected chi connectivity index (χ2v) is 5.57. The van der Waals surface area contributed by atoms with E-state index in [-0.39, 0.29) is 0 Å². The molecule has 1 heterocycles. The van der Waals surface area contributed by atoms with Gasteiger partial charge in [0.15, 0.2) is 6.10 Å². The first-order valence-corrected chi connectivity index (χ1v) is 7.18. The van der Waals surface area contributed by atoms with Crippen LogP contribution in [0.15, 0.2) is 0 Å². The number of carbonyl (C=O) groups excluding carboxylic acids is 1. The van der Waals surface area contributed by atoms with Crippen LogP contribution in [-0.4, -0.2) is 120 Å². The van der Waals surface area contributed by atoms with Crippen LogP contribution in [0.2, 0.25) is 0 Å². The number of aliphatic hydroxyl groups excluding tert-OH is 8. The average molecular weight is 373 g/mol. The van der Waals surface area contributed by atoms with Crippen molar-refractivity contribution in [3.05, 3.63) is 0 Å². The van der Waals surface area contributed by atoms with Gasteiger partial charge in [0.2, 0.25) is 0 Å². The van der Waals surface area contributed by atoms with Crippen molar-refractivity contribution in [1.29, 1.82) is 0 Å². The van der Waals surface area contributed by atoms with Gasteiger partial charge in [-0.1, -0.05) is 0 Å². The normalized spacial score (nSPS) is 37.8. The Hall–Kier alpha value is -0.970. The van der Waals surface area contributed by atoms with Gasteiger partial charge in [-0.05, 0) is 0 Å². The molecular weight excluding hydrogens is 350 g/mol. The summed E-state index contributed by atoms with van der Waals surface area (Å²) in [4.78, 5) is 11.8. The van der Waals surface area contributed by atoms with Gasteiger partial charge in [0.25, 0.3) is 0 Å². The molecule has 0 amide bonds. The molecule has 0 spiro atoms. The molecule has 148 valence electrons. The zero-order valence-electron chi connectivity index (χ0n) is 12.9. The van der Waals surface area contributed by atoms with Crippen molar-refractivity contribution in [1.82, 2.24) is 0 Å². The Morgan fingerprint density at radius 2 is 1.68 bits per heavy atom. The SMILES string of the molecule is N[C@@H]1[C@@H](O)[C@H](O)[C@@H](CO)O[C@@]1(O)OC(=O)C(O)C(O)C(O)C(O)CO. The van der Waals surface area contributed by atoms with Gasteiger partial charge in [-0.3, -0.25) is 0 Å². The number of ether oxygens (including phenoxy) is 2. The fraction of sp³-hybridized carbons (Fsp3) is 0.917. The van der Waals surface area contributed by atoms with Crippen molar-refractivity contribution in [2.45, 2.75) is 54.7 Å². The molecule has 1 rings (SSSR count). The van der Waals surface area contributed by atoms with E-state index < -0.39 is 73.9 Å². The molecule has 4 unspecified atom stereocenters. The first-order chi connectivity index (χ1) is 11.5. The van der Waals surface area contributed by atoms with Gasteiger partial charge in [0.1, 0.15) is 42.7 Å². The molecule has 0 bridgehead atoms. The number of rotatable bonds is 7. The van der Waals surface area contributed by atoms with Gasteiger partial charge in [0.05, 0.1) is 13.2 Å². The summed E-state index contributed by atoms with van der Waals surface area (Å²) in [7, 11) is 0. The van der Waals surface area contributed by atoms with Crippen LogP contribution in [0.3, 0.4) is 0 Å². The lowest BCUT2D eigenvalue weighted by atomic mass is 9.96. The highest BCUT2D eigenvalue weighted by molar-refractivity contribution is 5.75. The van der Waals surface area contributed by atoms with E-state index >= 15 is 0 Å². The summed E-state index contributed by atoms with van der Waals surface area (Å²) in [6.45, 7) is -1.88. The molecule has 0 aromatic carbocycles. The summed E-state index contributed by atoms with van der Waals surface area (Å²) in [6, 6.07) is -1.91. The second kappa shape index (κ2) is 8.61. The van der Waals surface area contributed by atoms with Crippen molar-refractivity contribution in [3.63, 3.8) is 0 Å². The highest BCUT2D eigenvalue weighted by atomic mass is 16.8. The van der Waals surface area contributed by atoms with Gasteiger partial charge in [-0.2, -0.15) is 0 Å². The fourth-order valence-electron chi connectivity index (χ4n) is 2.12. The predicted octanol–water partition coefficient (Wildman–Crippen LogP) is -6.95. The summed E-state index contributed by atoms with van der Waals surface area (Å²) in [6.07, 6.45) is -14.0. The fourth-order valence-corrected chi connectivity index (χ4v) is 2.12. The molecule has 1 saturated heterocycles. The summed E-state index contributed by atoms with van der Waals surface area (Å²) >= 11 is 0. The van der Waals surface area contributed by atoms with Crippen molar-refractivity contribution in [2.75, 3.05) is 13.2 Å². The van der Waals surface area contributed by atoms with Crippen molar-refractivity contribution in [2.24, 2.45) is 5.73 Å². The minimum atomic E-state index is -3.08. The molecule has 0 saturated carbocycles. The second-order valence-electron chi connectivity index (χ2n) is 5.57. The lowest BCUT2D eigenvalue weighted by Crippen LogP contribution is -2.70. The number of hydrogen-bond acceptors (Lipinski definition) is 13. The van der Waals surface area contributed by atoms with Crippen LogP contribution in [0.4, 0.5) is 0 Å². The molecule has 11 N–H and O–H groups in total. The Balaban J connectivity index is 2.86. The smallest absolute Gasteiger partial charge is 0.346 e. The Morgan fingerprint density at radius 1 is 1.12 bits per heavy atom. The largest absolute Gasteiger partial charge is 0.404 e. The topological polar surface area (TPSA) is 244 Å². The van der Waals surface area contributed by atoms with Crippen LogP contribution in [0.25, 0.3) is 0 Å². The van der Waals surface area contributed by atoms with Gasteiger partial charge < -0.3 is 61.2 Å². The molecule has 0 aromatic heterocycles. The molecule has 13 heteroatoms. The third kappa shape index (κ3) is 4.60. The standard InChI is InChI=1S/C12H23NO12/c13-10-8(20)6(18)4(2-15)24-12(10,23)25-11(22)9(21)7(19)5(17)3(16)1-14/h3-10,14-21,23H,1-2,13H2/t3?,4-,5?,6-,7?,8+,9?,10-,12-/m1/s1. The Bertz CT molecular complexity index is 450. The Labute approximate surface area is 141 Å². The molecule has 1 aliphatic heterocycles. The van der Waals surface area contributed by atoms with Gasteiger partial charge in [-0.15, -0.1) is 0 Å². The van der Waals surface area contributed by atoms with E-state index in [0.29, 0.717) is 0 Å². The minimum Gasteiger partial charge on any atom is -0.404 e. The highest BCUT2D eigenvalue weighted by Crippen LogP contribution is 2.28. The summed E-state index contributed by atoms with van der Waals surface area (Å²) in [5, 5.41) is 84.9. The van der Waals surface area contributed by atoms with Crippen LogP contribution in [0, 0.1) is 0 Å². The zero-order chi connectivity index (χ0) is 19.5. The molecular formula is C12H23NO12. The lowest BCUT2D eigenvalue weighted by molar-refractivity contribution is -0.408. The van der Waals surface area contributed by atoms with Crippen molar-refractivity contribution in [3.8, 4) is 0 Å². The van der Waals surface area contributed by atoms with E-state index in [0.717, 1.165) is 0 Å². The van der Waals surface area contributed by atoms with Gasteiger partial charge in [0, 0.05) is 0 Å². The monoisotopic (exact) mass is 373 g/mol. The molecule has 0 aliphatic carbocycles. The van der Waals surface area contributed by atoms with E-state index in [9.17, 15) is 35.4 Å². The van der Waals surface area contributed by atoms with Crippen molar-refractivity contribution >= 4 is 5.97 Å². The maximum atomic E-state index is 11.8. The van der Waals surface area contributed by atoms with E-state index in [1.165, 1.54) is 0 Å². The Kier molecular flexibility index (Phi) is 7.60. The number of hydrogen-bond donors (Lipinski definition) is 10. The third-order valence-corrected chi connectivity index (χ3v) is 3.76. The van der Waals surface area contributed by atoms with Crippen LogP contribution >= 0.6 is 0 Å². The van der Waals surface area contributed by atoms with Gasteiger partial charge >= 0.3 is 11.9 Å². The maximum absolute atomic E-state index is 11.8. The molecule has 1 aliphatic rings. The Morgan fingerprint density at radius 3 is 2.16 bits per heavy atom. The van der Waals surface area contributed by atoms with Crippen LogP contribution in [0.1, 0.15) is 0 Å². The zero-order valence-corrected chi connectivity index (χ0v) is 12.9. The third-order valence-electron chi connectivity index (χ3n) is 3.76. The average Bonchev–Trinajstić information content (AvgIpc) is 2.60. The van der Waals surface area contributed by atoms with E-state index in [4.69, 9.17) is 25.8 Å². The number of carbonyl (C=O) groups is 1. The van der Waals surface area contributed by atoms with Crippen LogP contribution in [0.5, 0.6) is 0 Å². The summed E-state index contributed by atoms with van der Waals surface area (Å²) in [5.74, 6) is -4.85. The first kappa shape index (κ1) is 22.1. The summed E-state index contributed by atoms with van der Waals surface area (Å²) < 4.78 is 9.14.